The number of methoxy groups -OCH3 is 1. The van der Waals surface area contributed by atoms with Crippen molar-refractivity contribution in [2.45, 2.75) is 49.3 Å². The molecule has 8 N–H and O–H groups in total. The van der Waals surface area contributed by atoms with Gasteiger partial charge in [-0.25, -0.2) is 0 Å². The van der Waals surface area contributed by atoms with Crippen LogP contribution in [0.15, 0.2) is 36.4 Å². The predicted octanol–water partition coefficient (Wildman–Crippen LogP) is -0.177. The molecule has 2 aromatic rings. The molecule has 11 nitrogen and oxygen atoms in total. The first-order valence-electron chi connectivity index (χ1n) is 10.7. The summed E-state index contributed by atoms with van der Waals surface area (Å²) >= 11 is 0. The minimum Gasteiger partial charge on any atom is -0.504 e. The third kappa shape index (κ3) is 6.14. The van der Waals surface area contributed by atoms with Gasteiger partial charge in [0.05, 0.1) is 6.61 Å². The van der Waals surface area contributed by atoms with Crippen LogP contribution in [-0.2, 0) is 14.2 Å². The molecule has 35 heavy (non-hydrogen) atoms. The van der Waals surface area contributed by atoms with Crippen molar-refractivity contribution in [3.8, 4) is 34.8 Å². The monoisotopic (exact) mass is 492 g/mol. The average molecular weight is 492 g/mol. The van der Waals surface area contributed by atoms with Gasteiger partial charge in [-0.05, 0) is 35.9 Å². The zero-order chi connectivity index (χ0) is 25.7. The smallest absolute Gasteiger partial charge is 0.187 e. The average Bonchev–Trinajstić information content (AvgIpc) is 2.84. The van der Waals surface area contributed by atoms with E-state index in [4.69, 9.17) is 14.2 Å². The van der Waals surface area contributed by atoms with Crippen molar-refractivity contribution >= 4 is 0 Å². The Hall–Kier alpha value is -3.08. The first-order chi connectivity index (χ1) is 16.7. The van der Waals surface area contributed by atoms with Crippen LogP contribution in [0.4, 0.5) is 0 Å². The number of phenols is 4. The molecule has 1 saturated heterocycles. The van der Waals surface area contributed by atoms with Crippen LogP contribution in [0.5, 0.6) is 23.0 Å². The number of aliphatic hydroxyl groups excluding tert-OH is 4. The summed E-state index contributed by atoms with van der Waals surface area (Å²) in [6.07, 6.45) is -9.49. The van der Waals surface area contributed by atoms with Crippen LogP contribution in [0.1, 0.15) is 23.7 Å². The van der Waals surface area contributed by atoms with Crippen molar-refractivity contribution in [1.29, 1.82) is 0 Å². The van der Waals surface area contributed by atoms with E-state index in [0.29, 0.717) is 11.1 Å². The molecule has 190 valence electrons. The van der Waals surface area contributed by atoms with Crippen molar-refractivity contribution in [3.63, 3.8) is 0 Å². The summed E-state index contributed by atoms with van der Waals surface area (Å²) in [4.78, 5) is 0. The highest BCUT2D eigenvalue weighted by molar-refractivity contribution is 5.46. The highest BCUT2D eigenvalue weighted by atomic mass is 16.7. The Bertz CT molecular complexity index is 1060. The quantitative estimate of drug-likeness (QED) is 0.189. The molecule has 0 spiro atoms. The first-order valence-corrected chi connectivity index (χ1v) is 10.7. The number of aromatic hydroxyl groups is 4. The topological polar surface area (TPSA) is 190 Å². The van der Waals surface area contributed by atoms with Gasteiger partial charge < -0.3 is 55.1 Å². The summed E-state index contributed by atoms with van der Waals surface area (Å²) in [5.41, 5.74) is 0.782. The molecular weight excluding hydrogens is 464 g/mol. The maximum atomic E-state index is 10.4. The molecule has 0 saturated carbocycles. The number of rotatable bonds is 7. The zero-order valence-electron chi connectivity index (χ0n) is 18.7. The maximum Gasteiger partial charge on any atom is 0.187 e. The van der Waals surface area contributed by atoms with E-state index < -0.39 is 55.3 Å². The number of hydrogen-bond acceptors (Lipinski definition) is 11. The molecule has 0 radical (unpaired) electrons. The SMILES string of the molecule is CO[C@H](c1ccc(O)c(O)c1)[C@H](CC#Cc1ccc(O)c(O)c1)O[C@@H]1O[C@H](CO)[C@@H](O)[C@H](O)[C@H]1O. The molecule has 11 heteroatoms. The second-order valence-electron chi connectivity index (χ2n) is 7.99. The number of ether oxygens (including phenoxy) is 3. The Balaban J connectivity index is 1.90. The summed E-state index contributed by atoms with van der Waals surface area (Å²) in [6.45, 7) is -0.640. The minimum absolute atomic E-state index is 0.0448. The Morgan fingerprint density at radius 2 is 1.54 bits per heavy atom. The van der Waals surface area contributed by atoms with E-state index in [9.17, 15) is 40.9 Å². The van der Waals surface area contributed by atoms with Crippen molar-refractivity contribution in [2.75, 3.05) is 13.7 Å². The van der Waals surface area contributed by atoms with E-state index in [1.165, 1.54) is 43.5 Å². The second kappa shape index (κ2) is 11.6. The van der Waals surface area contributed by atoms with Gasteiger partial charge in [0.1, 0.15) is 36.6 Å². The largest absolute Gasteiger partial charge is 0.504 e. The van der Waals surface area contributed by atoms with Gasteiger partial charge >= 0.3 is 0 Å². The lowest BCUT2D eigenvalue weighted by Crippen LogP contribution is -2.59. The minimum atomic E-state index is -1.66. The van der Waals surface area contributed by atoms with Gasteiger partial charge in [-0.1, -0.05) is 17.9 Å². The van der Waals surface area contributed by atoms with E-state index in [1.54, 1.807) is 0 Å². The molecule has 7 atom stereocenters. The number of benzene rings is 2. The molecule has 2 aromatic carbocycles. The van der Waals surface area contributed by atoms with Gasteiger partial charge in [0.25, 0.3) is 0 Å². The molecule has 0 aliphatic carbocycles. The van der Waals surface area contributed by atoms with E-state index in [0.717, 1.165) is 0 Å². The third-order valence-corrected chi connectivity index (χ3v) is 5.59. The van der Waals surface area contributed by atoms with Crippen molar-refractivity contribution in [2.24, 2.45) is 0 Å². The number of hydrogen-bond donors (Lipinski definition) is 8. The van der Waals surface area contributed by atoms with Crippen LogP contribution in [0.25, 0.3) is 0 Å². The Kier molecular flexibility index (Phi) is 8.76. The fourth-order valence-corrected chi connectivity index (χ4v) is 3.65. The van der Waals surface area contributed by atoms with E-state index in [1.807, 2.05) is 0 Å². The van der Waals surface area contributed by atoms with E-state index in [-0.39, 0.29) is 23.7 Å². The summed E-state index contributed by atoms with van der Waals surface area (Å²) in [5, 5.41) is 78.6. The van der Waals surface area contributed by atoms with Gasteiger partial charge in [-0.15, -0.1) is 0 Å². The summed E-state index contributed by atoms with van der Waals surface area (Å²) in [7, 11) is 1.36. The fourth-order valence-electron chi connectivity index (χ4n) is 3.65. The lowest BCUT2D eigenvalue weighted by Gasteiger charge is -2.41. The standard InChI is InChI=1S/C24H28O11/c1-33-23(13-6-8-15(27)17(29)10-13)18(4-2-3-12-5-7-14(26)16(28)9-12)34-24-22(32)21(31)20(30)19(11-25)35-24/h5-10,18-32H,4,11H2,1H3/t18-,19+,20+,21-,22+,23+,24+/m0/s1. The van der Waals surface area contributed by atoms with Gasteiger partial charge in [-0.2, -0.15) is 0 Å². The Morgan fingerprint density at radius 3 is 2.14 bits per heavy atom. The highest BCUT2D eigenvalue weighted by Gasteiger charge is 2.45. The lowest BCUT2D eigenvalue weighted by atomic mass is 9.98. The van der Waals surface area contributed by atoms with E-state index >= 15 is 0 Å². The van der Waals surface area contributed by atoms with Gasteiger partial charge in [0.2, 0.25) is 0 Å². The van der Waals surface area contributed by atoms with Crippen molar-refractivity contribution < 1.29 is 55.1 Å². The molecule has 1 aliphatic heterocycles. The Labute approximate surface area is 201 Å². The molecule has 1 fully saturated rings. The summed E-state index contributed by atoms with van der Waals surface area (Å²) in [5.74, 6) is 4.26. The predicted molar refractivity (Wildman–Crippen MR) is 119 cm³/mol. The van der Waals surface area contributed by atoms with E-state index in [2.05, 4.69) is 11.8 Å². The van der Waals surface area contributed by atoms with Crippen LogP contribution in [0.3, 0.4) is 0 Å². The molecule has 0 amide bonds. The molecule has 0 bridgehead atoms. The molecule has 1 heterocycles. The van der Waals surface area contributed by atoms with Gasteiger partial charge in [0.15, 0.2) is 29.3 Å². The van der Waals surface area contributed by atoms with Crippen molar-refractivity contribution in [1.82, 2.24) is 0 Å². The third-order valence-electron chi connectivity index (χ3n) is 5.59. The molecule has 0 aromatic heterocycles. The normalized spacial score (nSPS) is 25.9. The summed E-state index contributed by atoms with van der Waals surface area (Å²) in [6, 6.07) is 8.03. The lowest BCUT2D eigenvalue weighted by molar-refractivity contribution is -0.317. The van der Waals surface area contributed by atoms with Crippen LogP contribution < -0.4 is 0 Å². The van der Waals surface area contributed by atoms with Crippen molar-refractivity contribution in [3.05, 3.63) is 47.5 Å². The molecular formula is C24H28O11. The first kappa shape index (κ1) is 26.5. The molecule has 1 aliphatic rings. The van der Waals surface area contributed by atoms with Crippen LogP contribution in [-0.4, -0.2) is 91.4 Å². The van der Waals surface area contributed by atoms with Gasteiger partial charge in [-0.3, -0.25) is 0 Å². The van der Waals surface area contributed by atoms with Crippen LogP contribution in [0.2, 0.25) is 0 Å². The molecule has 0 unspecified atom stereocenters. The second-order valence-corrected chi connectivity index (χ2v) is 7.99. The van der Waals surface area contributed by atoms with Crippen LogP contribution >= 0.6 is 0 Å². The van der Waals surface area contributed by atoms with Crippen LogP contribution in [0, 0.1) is 11.8 Å². The molecule has 3 rings (SSSR count). The Morgan fingerprint density at radius 1 is 0.886 bits per heavy atom. The zero-order valence-corrected chi connectivity index (χ0v) is 18.7. The maximum absolute atomic E-state index is 10.4. The fraction of sp³-hybridized carbons (Fsp3) is 0.417. The number of phenolic OH excluding ortho intramolecular Hbond substituents is 4. The van der Waals surface area contributed by atoms with Gasteiger partial charge in [0, 0.05) is 19.1 Å². The highest BCUT2D eigenvalue weighted by Crippen LogP contribution is 2.34. The number of aliphatic hydroxyl groups is 4. The summed E-state index contributed by atoms with van der Waals surface area (Å²) < 4.78 is 16.9.